The van der Waals surface area contributed by atoms with Crippen molar-refractivity contribution >= 4 is 5.57 Å². The maximum atomic E-state index is 3.49. The smallest absolute Gasteiger partial charge is 0.0406 e. The van der Waals surface area contributed by atoms with Gasteiger partial charge in [0.15, 0.2) is 0 Å². The number of rotatable bonds is 2. The van der Waals surface area contributed by atoms with E-state index in [2.05, 4.69) is 87.7 Å². The van der Waals surface area contributed by atoms with Crippen LogP contribution in [-0.4, -0.2) is 0 Å². The van der Waals surface area contributed by atoms with Gasteiger partial charge in [0.25, 0.3) is 0 Å². The summed E-state index contributed by atoms with van der Waals surface area (Å²) in [7, 11) is 0. The molecule has 1 aliphatic rings. The molecule has 2 aromatic rings. The summed E-state index contributed by atoms with van der Waals surface area (Å²) in [6.07, 6.45) is 0. The van der Waals surface area contributed by atoms with E-state index in [-0.39, 0.29) is 0 Å². The van der Waals surface area contributed by atoms with Crippen LogP contribution in [-0.2, 0) is 0 Å². The van der Waals surface area contributed by atoms with Crippen LogP contribution in [0.1, 0.15) is 38.8 Å². The van der Waals surface area contributed by atoms with E-state index in [1.54, 1.807) is 0 Å². The fourth-order valence-corrected chi connectivity index (χ4v) is 3.24. The summed E-state index contributed by atoms with van der Waals surface area (Å²) in [5, 5.41) is 0. The van der Waals surface area contributed by atoms with Crippen LogP contribution < -0.4 is 0 Å². The second kappa shape index (κ2) is 5.85. The van der Waals surface area contributed by atoms with Crippen molar-refractivity contribution < 1.29 is 0 Å². The molecule has 0 aliphatic heterocycles. The fourth-order valence-electron chi connectivity index (χ4n) is 3.24. The molecule has 0 nitrogen and oxygen atoms in total. The van der Waals surface area contributed by atoms with Gasteiger partial charge in [0.05, 0.1) is 0 Å². The Balaban J connectivity index is 2.32. The molecule has 0 atom stereocenters. The molecule has 0 heterocycles. The molecule has 0 aromatic heterocycles. The minimum Gasteiger partial charge on any atom is -0.0699 e. The van der Waals surface area contributed by atoms with Crippen LogP contribution in [0.5, 0.6) is 0 Å². The zero-order chi connectivity index (χ0) is 15.7. The molecule has 0 radical (unpaired) electrons. The lowest BCUT2D eigenvalue weighted by atomic mass is 9.93. The Bertz CT molecular complexity index is 748. The van der Waals surface area contributed by atoms with E-state index >= 15 is 0 Å². The maximum absolute atomic E-state index is 3.49. The highest BCUT2D eigenvalue weighted by molar-refractivity contribution is 6.00. The standard InChI is InChI=1S/C22H22/c1-15(2)17(16(3)4)13-14-22-20-11-7-5-9-18(20)19-10-6-8-12-21(19)22/h5-12,15-16H,1-4H3. The van der Waals surface area contributed by atoms with Crippen molar-refractivity contribution in [1.29, 1.82) is 0 Å². The second-order valence-corrected chi connectivity index (χ2v) is 6.48. The first-order valence-corrected chi connectivity index (χ1v) is 8.04. The lowest BCUT2D eigenvalue weighted by molar-refractivity contribution is 0.628. The Hall–Kier alpha value is -2.26. The Morgan fingerprint density at radius 1 is 0.682 bits per heavy atom. The highest BCUT2D eigenvalue weighted by Crippen LogP contribution is 2.43. The van der Waals surface area contributed by atoms with Crippen LogP contribution >= 0.6 is 0 Å². The molecule has 0 saturated carbocycles. The zero-order valence-corrected chi connectivity index (χ0v) is 13.8. The van der Waals surface area contributed by atoms with Gasteiger partial charge in [0.2, 0.25) is 0 Å². The third-order valence-corrected chi connectivity index (χ3v) is 4.26. The van der Waals surface area contributed by atoms with E-state index in [1.807, 2.05) is 0 Å². The first-order valence-electron chi connectivity index (χ1n) is 8.04. The van der Waals surface area contributed by atoms with Crippen molar-refractivity contribution in [3.05, 3.63) is 76.7 Å². The SMILES string of the molecule is CC(C)C(=C=C=C1c2ccccc2-c2ccccc21)C(C)C. The Kier molecular flexibility index (Phi) is 3.90. The molecule has 0 amide bonds. The highest BCUT2D eigenvalue weighted by Gasteiger charge is 2.22. The van der Waals surface area contributed by atoms with E-state index < -0.39 is 0 Å². The summed E-state index contributed by atoms with van der Waals surface area (Å²) in [6.45, 7) is 8.91. The molecule has 0 fully saturated rings. The Morgan fingerprint density at radius 3 is 1.50 bits per heavy atom. The number of fused-ring (bicyclic) bond motifs is 3. The normalized spacial score (nSPS) is 12.0. The summed E-state index contributed by atoms with van der Waals surface area (Å²) >= 11 is 0. The summed E-state index contributed by atoms with van der Waals surface area (Å²) in [4.78, 5) is 0. The van der Waals surface area contributed by atoms with Crippen molar-refractivity contribution in [3.63, 3.8) is 0 Å². The van der Waals surface area contributed by atoms with Crippen molar-refractivity contribution in [1.82, 2.24) is 0 Å². The average Bonchev–Trinajstić information content (AvgIpc) is 2.82. The first-order chi connectivity index (χ1) is 10.6. The van der Waals surface area contributed by atoms with Crippen LogP contribution in [0.2, 0.25) is 0 Å². The minimum atomic E-state index is 0.500. The first kappa shape index (κ1) is 14.7. The van der Waals surface area contributed by atoms with Crippen molar-refractivity contribution in [3.8, 4) is 11.1 Å². The molecule has 22 heavy (non-hydrogen) atoms. The molecular formula is C22H22. The molecule has 0 heteroatoms. The predicted octanol–water partition coefficient (Wildman–Crippen LogP) is 6.09. The van der Waals surface area contributed by atoms with E-state index in [0.29, 0.717) is 11.8 Å². The lowest BCUT2D eigenvalue weighted by Crippen LogP contribution is -2.00. The van der Waals surface area contributed by atoms with Crippen LogP contribution in [0.3, 0.4) is 0 Å². The summed E-state index contributed by atoms with van der Waals surface area (Å²) < 4.78 is 0. The molecule has 0 unspecified atom stereocenters. The molecule has 3 rings (SSSR count). The predicted molar refractivity (Wildman–Crippen MR) is 94.6 cm³/mol. The largest absolute Gasteiger partial charge is 0.0699 e. The Morgan fingerprint density at radius 2 is 1.09 bits per heavy atom. The summed E-state index contributed by atoms with van der Waals surface area (Å²) in [5.41, 5.74) is 14.6. The van der Waals surface area contributed by atoms with Crippen LogP contribution in [0.25, 0.3) is 16.7 Å². The number of hydrogen-bond donors (Lipinski definition) is 0. The topological polar surface area (TPSA) is 0 Å². The van der Waals surface area contributed by atoms with Gasteiger partial charge in [-0.1, -0.05) is 87.7 Å². The van der Waals surface area contributed by atoms with Gasteiger partial charge in [-0.05, 0) is 39.7 Å². The molecule has 0 saturated heterocycles. The van der Waals surface area contributed by atoms with Crippen molar-refractivity contribution in [2.45, 2.75) is 27.7 Å². The van der Waals surface area contributed by atoms with Crippen molar-refractivity contribution in [2.24, 2.45) is 11.8 Å². The van der Waals surface area contributed by atoms with Gasteiger partial charge in [0.1, 0.15) is 0 Å². The number of hydrogen-bond acceptors (Lipinski definition) is 0. The van der Waals surface area contributed by atoms with Gasteiger partial charge in [-0.25, -0.2) is 0 Å². The second-order valence-electron chi connectivity index (χ2n) is 6.48. The minimum absolute atomic E-state index is 0.500. The van der Waals surface area contributed by atoms with Gasteiger partial charge in [-0.2, -0.15) is 0 Å². The number of allylic oxidation sites excluding steroid dienone is 1. The zero-order valence-electron chi connectivity index (χ0n) is 13.8. The van der Waals surface area contributed by atoms with Gasteiger partial charge in [-0.3, -0.25) is 0 Å². The van der Waals surface area contributed by atoms with Gasteiger partial charge < -0.3 is 0 Å². The molecule has 0 spiro atoms. The van der Waals surface area contributed by atoms with E-state index in [0.717, 1.165) is 0 Å². The quantitative estimate of drug-likeness (QED) is 0.500. The molecule has 0 N–H and O–H groups in total. The third kappa shape index (κ3) is 2.48. The monoisotopic (exact) mass is 286 g/mol. The Labute approximate surface area is 133 Å². The highest BCUT2D eigenvalue weighted by atomic mass is 14.2. The van der Waals surface area contributed by atoms with Crippen LogP contribution in [0.4, 0.5) is 0 Å². The van der Waals surface area contributed by atoms with Gasteiger partial charge in [-0.15, -0.1) is 0 Å². The number of benzene rings is 2. The van der Waals surface area contributed by atoms with Crippen molar-refractivity contribution in [2.75, 3.05) is 0 Å². The third-order valence-electron chi connectivity index (χ3n) is 4.26. The van der Waals surface area contributed by atoms with Crippen LogP contribution in [0, 0.1) is 11.8 Å². The van der Waals surface area contributed by atoms with Crippen LogP contribution in [0.15, 0.2) is 65.6 Å². The average molecular weight is 286 g/mol. The molecule has 110 valence electrons. The van der Waals surface area contributed by atoms with Gasteiger partial charge >= 0.3 is 0 Å². The van der Waals surface area contributed by atoms with Gasteiger partial charge in [0, 0.05) is 5.57 Å². The lowest BCUT2D eigenvalue weighted by Gasteiger charge is -2.11. The fraction of sp³-hybridized carbons (Fsp3) is 0.273. The molecular weight excluding hydrogens is 264 g/mol. The van der Waals surface area contributed by atoms with E-state index in [1.165, 1.54) is 33.4 Å². The molecule has 2 aromatic carbocycles. The summed E-state index contributed by atoms with van der Waals surface area (Å²) in [6, 6.07) is 17.2. The van der Waals surface area contributed by atoms with E-state index in [9.17, 15) is 0 Å². The van der Waals surface area contributed by atoms with E-state index in [4.69, 9.17) is 0 Å². The molecule has 1 aliphatic carbocycles. The maximum Gasteiger partial charge on any atom is 0.0406 e. The summed E-state index contributed by atoms with van der Waals surface area (Å²) in [5.74, 6) is 1.000. The molecule has 0 bridgehead atoms.